The fraction of sp³-hybridized carbons (Fsp3) is 0.480. The molecule has 2 atom stereocenters. The van der Waals surface area contributed by atoms with Gasteiger partial charge in [0.1, 0.15) is 0 Å². The van der Waals surface area contributed by atoms with Gasteiger partial charge in [-0.3, -0.25) is 0 Å². The molecular weight excluding hydrogens is 530 g/mol. The molecule has 2 aromatic carbocycles. The molecule has 6 nitrogen and oxygen atoms in total. The zero-order chi connectivity index (χ0) is 26.3. The lowest BCUT2D eigenvalue weighted by atomic mass is 10.0. The Labute approximate surface area is 217 Å². The third-order valence-electron chi connectivity index (χ3n) is 6.89. The van der Waals surface area contributed by atoms with Crippen LogP contribution in [0.25, 0.3) is 11.0 Å². The van der Waals surface area contributed by atoms with Crippen LogP contribution in [0, 0.1) is 29.2 Å². The number of thioether (sulfide) groups is 1. The highest BCUT2D eigenvalue weighted by molar-refractivity contribution is 7.98. The second-order valence-electron chi connectivity index (χ2n) is 9.65. The quantitative estimate of drug-likeness (QED) is 0.167. The van der Waals surface area contributed by atoms with Crippen LogP contribution in [0.3, 0.4) is 0 Å². The largest absolute Gasteiger partial charge is 0.376 e. The summed E-state index contributed by atoms with van der Waals surface area (Å²) in [5.41, 5.74) is 0.768. The first-order chi connectivity index (χ1) is 17.6. The first-order valence-electron chi connectivity index (χ1n) is 12.2. The van der Waals surface area contributed by atoms with Crippen molar-refractivity contribution in [1.82, 2.24) is 13.9 Å². The Kier molecular flexibility index (Phi) is 7.54. The van der Waals surface area contributed by atoms with Crippen molar-refractivity contribution in [2.24, 2.45) is 5.92 Å². The van der Waals surface area contributed by atoms with E-state index in [1.165, 1.54) is 10.4 Å². The third kappa shape index (κ3) is 5.25. The van der Waals surface area contributed by atoms with Crippen molar-refractivity contribution >= 4 is 32.8 Å². The first kappa shape index (κ1) is 26.5. The van der Waals surface area contributed by atoms with E-state index in [4.69, 9.17) is 4.74 Å². The molecule has 3 aromatic rings. The summed E-state index contributed by atoms with van der Waals surface area (Å²) in [6, 6.07) is 5.42. The second-order valence-corrected chi connectivity index (χ2v) is 12.5. The molecular formula is C25H27F4N3O3S2. The van der Waals surface area contributed by atoms with Gasteiger partial charge >= 0.3 is 0 Å². The van der Waals surface area contributed by atoms with Crippen LogP contribution in [-0.4, -0.2) is 48.1 Å². The maximum atomic E-state index is 14.3. The number of benzene rings is 2. The van der Waals surface area contributed by atoms with E-state index in [0.717, 1.165) is 37.4 Å². The number of fused-ring (bicyclic) bond motifs is 1. The van der Waals surface area contributed by atoms with Crippen molar-refractivity contribution < 1.29 is 30.7 Å². The van der Waals surface area contributed by atoms with Crippen molar-refractivity contribution in [1.29, 1.82) is 0 Å². The van der Waals surface area contributed by atoms with Crippen molar-refractivity contribution in [2.45, 2.75) is 61.1 Å². The summed E-state index contributed by atoms with van der Waals surface area (Å²) >= 11 is 1.03. The van der Waals surface area contributed by atoms with E-state index in [2.05, 4.69) is 4.98 Å². The van der Waals surface area contributed by atoms with Gasteiger partial charge < -0.3 is 9.30 Å². The zero-order valence-electron chi connectivity index (χ0n) is 20.2. The van der Waals surface area contributed by atoms with E-state index >= 15 is 0 Å². The van der Waals surface area contributed by atoms with Crippen LogP contribution in [0.15, 0.2) is 34.3 Å². The van der Waals surface area contributed by atoms with E-state index in [1.54, 1.807) is 12.1 Å². The Hall–Kier alpha value is -2.15. The van der Waals surface area contributed by atoms with Gasteiger partial charge in [-0.15, -0.1) is 0 Å². The molecule has 1 aromatic heterocycles. The first-order valence-corrected chi connectivity index (χ1v) is 14.6. The van der Waals surface area contributed by atoms with Gasteiger partial charge in [0.2, 0.25) is 10.0 Å². The maximum Gasteiger partial charge on any atom is 0.243 e. The number of ether oxygens (including phenoxy) is 1. The number of piperidine rings is 1. The van der Waals surface area contributed by atoms with Crippen molar-refractivity contribution in [3.63, 3.8) is 0 Å². The molecule has 2 saturated heterocycles. The lowest BCUT2D eigenvalue weighted by Crippen LogP contribution is -2.39. The van der Waals surface area contributed by atoms with Crippen LogP contribution in [0.1, 0.15) is 38.2 Å². The number of imidazole rings is 1. The number of hydrogen-bond donors (Lipinski definition) is 0. The summed E-state index contributed by atoms with van der Waals surface area (Å²) in [5.74, 6) is -6.55. The van der Waals surface area contributed by atoms with Gasteiger partial charge in [0.25, 0.3) is 0 Å². The summed E-state index contributed by atoms with van der Waals surface area (Å²) in [6.45, 7) is 4.03. The smallest absolute Gasteiger partial charge is 0.243 e. The van der Waals surface area contributed by atoms with Gasteiger partial charge in [-0.1, -0.05) is 18.7 Å². The molecule has 0 amide bonds. The molecule has 3 heterocycles. The molecule has 2 aliphatic rings. The molecule has 200 valence electrons. The molecule has 0 N–H and O–H groups in total. The molecule has 0 saturated carbocycles. The van der Waals surface area contributed by atoms with Crippen molar-refractivity contribution in [3.05, 3.63) is 53.1 Å². The predicted molar refractivity (Wildman–Crippen MR) is 132 cm³/mol. The van der Waals surface area contributed by atoms with Crippen LogP contribution in [0.2, 0.25) is 0 Å². The third-order valence-corrected chi connectivity index (χ3v) is 9.77. The fourth-order valence-electron chi connectivity index (χ4n) is 4.91. The minimum Gasteiger partial charge on any atom is -0.376 e. The summed E-state index contributed by atoms with van der Waals surface area (Å²) in [7, 11) is -3.70. The van der Waals surface area contributed by atoms with Crippen LogP contribution in [0.4, 0.5) is 17.6 Å². The van der Waals surface area contributed by atoms with Crippen LogP contribution >= 0.6 is 11.8 Å². The summed E-state index contributed by atoms with van der Waals surface area (Å²) < 4.78 is 90.8. The van der Waals surface area contributed by atoms with Crippen molar-refractivity contribution in [3.8, 4) is 0 Å². The minimum absolute atomic E-state index is 0.0764. The molecule has 0 aliphatic carbocycles. The fourth-order valence-corrected chi connectivity index (χ4v) is 7.51. The van der Waals surface area contributed by atoms with E-state index in [0.29, 0.717) is 48.5 Å². The Morgan fingerprint density at radius 2 is 1.89 bits per heavy atom. The SMILES string of the molecule is CC1CCCN(S(=O)(=O)c2ccc3c(c2)nc(SCc2cc(F)c(F)c(F)c2F)n3CC2CCCO2)C1. The Balaban J connectivity index is 1.49. The van der Waals surface area contributed by atoms with Gasteiger partial charge in [-0.05, 0) is 55.9 Å². The molecule has 37 heavy (non-hydrogen) atoms. The molecule has 0 spiro atoms. The highest BCUT2D eigenvalue weighted by Crippen LogP contribution is 2.32. The zero-order valence-corrected chi connectivity index (χ0v) is 21.9. The van der Waals surface area contributed by atoms with E-state index in [9.17, 15) is 26.0 Å². The minimum atomic E-state index is -3.70. The predicted octanol–water partition coefficient (Wildman–Crippen LogP) is 5.48. The highest BCUT2D eigenvalue weighted by Gasteiger charge is 2.30. The summed E-state index contributed by atoms with van der Waals surface area (Å²) in [6.07, 6.45) is 3.47. The van der Waals surface area contributed by atoms with Crippen LogP contribution in [-0.2, 0) is 27.1 Å². The van der Waals surface area contributed by atoms with Crippen molar-refractivity contribution in [2.75, 3.05) is 19.7 Å². The molecule has 0 radical (unpaired) electrons. The Morgan fingerprint density at radius 3 is 2.62 bits per heavy atom. The number of aromatic nitrogens is 2. The topological polar surface area (TPSA) is 64.4 Å². The normalized spacial score (nSPS) is 21.2. The molecule has 5 rings (SSSR count). The van der Waals surface area contributed by atoms with Gasteiger partial charge in [0.15, 0.2) is 28.4 Å². The average Bonchev–Trinajstić information content (AvgIpc) is 3.52. The van der Waals surface area contributed by atoms with Crippen LogP contribution in [0.5, 0.6) is 0 Å². The van der Waals surface area contributed by atoms with E-state index in [1.807, 2.05) is 11.5 Å². The standard InChI is InChI=1S/C25H27F4N3O3S2/c1-15-4-2-8-31(12-15)37(33,34)18-6-7-21-20(11-18)30-25(32(21)13-17-5-3-9-35-17)36-14-16-10-19(26)23(28)24(29)22(16)27/h6-7,10-11,15,17H,2-5,8-9,12-14H2,1H3. The maximum absolute atomic E-state index is 14.3. The number of nitrogens with zero attached hydrogens (tertiary/aromatic N) is 3. The Bertz CT molecular complexity index is 1420. The molecule has 2 unspecified atom stereocenters. The Morgan fingerprint density at radius 1 is 1.08 bits per heavy atom. The highest BCUT2D eigenvalue weighted by atomic mass is 32.2. The van der Waals surface area contributed by atoms with Gasteiger partial charge in [-0.2, -0.15) is 4.31 Å². The molecule has 2 aliphatic heterocycles. The number of rotatable bonds is 7. The number of sulfonamides is 1. The summed E-state index contributed by atoms with van der Waals surface area (Å²) in [5, 5.41) is 0.413. The second kappa shape index (κ2) is 10.5. The van der Waals surface area contributed by atoms with Gasteiger partial charge in [-0.25, -0.2) is 31.0 Å². The van der Waals surface area contributed by atoms with Gasteiger partial charge in [0.05, 0.1) is 28.6 Å². The van der Waals surface area contributed by atoms with Crippen LogP contribution < -0.4 is 0 Å². The lowest BCUT2D eigenvalue weighted by Gasteiger charge is -2.30. The molecule has 2 fully saturated rings. The molecule has 12 heteroatoms. The van der Waals surface area contributed by atoms with Gasteiger partial charge in [0, 0.05) is 31.0 Å². The number of halogens is 4. The lowest BCUT2D eigenvalue weighted by molar-refractivity contribution is 0.0960. The monoisotopic (exact) mass is 557 g/mol. The van der Waals surface area contributed by atoms with E-state index < -0.39 is 33.3 Å². The average molecular weight is 558 g/mol. The number of hydrogen-bond acceptors (Lipinski definition) is 5. The molecule has 0 bridgehead atoms. The summed E-state index contributed by atoms with van der Waals surface area (Å²) in [4.78, 5) is 4.74. The van der Waals surface area contributed by atoms with E-state index in [-0.39, 0.29) is 28.2 Å².